The molecule has 0 aliphatic carbocycles. The molecule has 1 aromatic heterocycles. The summed E-state index contributed by atoms with van der Waals surface area (Å²) in [5.41, 5.74) is 7.93. The van der Waals surface area contributed by atoms with Gasteiger partial charge in [-0.2, -0.15) is 0 Å². The van der Waals surface area contributed by atoms with Gasteiger partial charge in [0, 0.05) is 17.0 Å². The summed E-state index contributed by atoms with van der Waals surface area (Å²) in [4.78, 5) is 4.53. The minimum atomic E-state index is -0.0460. The summed E-state index contributed by atoms with van der Waals surface area (Å²) in [6.45, 7) is 11.5. The van der Waals surface area contributed by atoms with Gasteiger partial charge >= 0.3 is 0 Å². The average Bonchev–Trinajstić information content (AvgIpc) is 2.38. The number of hydrogen-bond acceptors (Lipinski definition) is 4. The molecule has 0 aliphatic heterocycles. The Hall–Kier alpha value is -1.97. The standard InChI is InChI=1S/C17H24N2O2/c1-6-20-14-9-11-8-12(17(3,4)5)16(18)19-13(11)10-15(14)21-7-2/h8-10H,6-7H2,1-5H3,(H2,18,19). The van der Waals surface area contributed by atoms with Gasteiger partial charge in [-0.1, -0.05) is 20.8 Å². The van der Waals surface area contributed by atoms with Gasteiger partial charge in [-0.15, -0.1) is 0 Å². The topological polar surface area (TPSA) is 57.4 Å². The first-order chi connectivity index (χ1) is 9.86. The van der Waals surface area contributed by atoms with Crippen molar-refractivity contribution in [3.8, 4) is 11.5 Å². The van der Waals surface area contributed by atoms with E-state index in [1.165, 1.54) is 0 Å². The van der Waals surface area contributed by atoms with E-state index in [9.17, 15) is 0 Å². The summed E-state index contributed by atoms with van der Waals surface area (Å²) in [6, 6.07) is 5.97. The van der Waals surface area contributed by atoms with Gasteiger partial charge in [-0.3, -0.25) is 0 Å². The van der Waals surface area contributed by atoms with Crippen LogP contribution in [0.2, 0.25) is 0 Å². The van der Waals surface area contributed by atoms with Crippen LogP contribution in [0.1, 0.15) is 40.2 Å². The predicted octanol–water partition coefficient (Wildman–Crippen LogP) is 3.91. The van der Waals surface area contributed by atoms with E-state index in [-0.39, 0.29) is 5.41 Å². The molecule has 2 aromatic rings. The zero-order valence-corrected chi connectivity index (χ0v) is 13.5. The molecule has 0 saturated carbocycles. The summed E-state index contributed by atoms with van der Waals surface area (Å²) in [7, 11) is 0. The van der Waals surface area contributed by atoms with Gasteiger partial charge in [0.15, 0.2) is 11.5 Å². The maximum absolute atomic E-state index is 6.11. The fourth-order valence-corrected chi connectivity index (χ4v) is 2.33. The van der Waals surface area contributed by atoms with Crippen LogP contribution < -0.4 is 15.2 Å². The Kier molecular flexibility index (Phi) is 4.26. The van der Waals surface area contributed by atoms with Crippen molar-refractivity contribution in [1.82, 2.24) is 4.98 Å². The van der Waals surface area contributed by atoms with Gasteiger partial charge in [0.25, 0.3) is 0 Å². The highest BCUT2D eigenvalue weighted by Crippen LogP contribution is 2.35. The molecule has 0 saturated heterocycles. The fraction of sp³-hybridized carbons (Fsp3) is 0.471. The Bertz CT molecular complexity index is 645. The molecule has 0 atom stereocenters. The van der Waals surface area contributed by atoms with Crippen molar-refractivity contribution in [2.45, 2.75) is 40.0 Å². The molecule has 21 heavy (non-hydrogen) atoms. The minimum absolute atomic E-state index is 0.0460. The van der Waals surface area contributed by atoms with Gasteiger partial charge in [0.1, 0.15) is 5.82 Å². The van der Waals surface area contributed by atoms with E-state index in [2.05, 4.69) is 31.8 Å². The molecular formula is C17H24N2O2. The van der Waals surface area contributed by atoms with Crippen molar-refractivity contribution in [2.24, 2.45) is 0 Å². The van der Waals surface area contributed by atoms with E-state index in [4.69, 9.17) is 15.2 Å². The van der Waals surface area contributed by atoms with Crippen molar-refractivity contribution < 1.29 is 9.47 Å². The lowest BCUT2D eigenvalue weighted by Gasteiger charge is -2.21. The highest BCUT2D eigenvalue weighted by molar-refractivity contribution is 5.85. The zero-order valence-electron chi connectivity index (χ0n) is 13.5. The second kappa shape index (κ2) is 5.80. The second-order valence-corrected chi connectivity index (χ2v) is 6.03. The average molecular weight is 288 g/mol. The monoisotopic (exact) mass is 288 g/mol. The molecule has 1 heterocycles. The van der Waals surface area contributed by atoms with E-state index >= 15 is 0 Å². The molecule has 2 rings (SSSR count). The third kappa shape index (κ3) is 3.20. The van der Waals surface area contributed by atoms with Crippen LogP contribution in [0.15, 0.2) is 18.2 Å². The lowest BCUT2D eigenvalue weighted by atomic mass is 9.86. The highest BCUT2D eigenvalue weighted by Gasteiger charge is 2.19. The molecule has 0 spiro atoms. The van der Waals surface area contributed by atoms with Crippen LogP contribution in [-0.2, 0) is 5.41 Å². The Labute approximate surface area is 126 Å². The van der Waals surface area contributed by atoms with Gasteiger partial charge in [-0.25, -0.2) is 4.98 Å². The van der Waals surface area contributed by atoms with Crippen LogP contribution in [0.25, 0.3) is 10.9 Å². The second-order valence-electron chi connectivity index (χ2n) is 6.03. The zero-order chi connectivity index (χ0) is 15.6. The summed E-state index contributed by atoms with van der Waals surface area (Å²) in [5, 5.41) is 1.01. The molecule has 114 valence electrons. The summed E-state index contributed by atoms with van der Waals surface area (Å²) >= 11 is 0. The highest BCUT2D eigenvalue weighted by atomic mass is 16.5. The first-order valence-corrected chi connectivity index (χ1v) is 7.37. The number of aromatic nitrogens is 1. The van der Waals surface area contributed by atoms with E-state index in [1.807, 2.05) is 26.0 Å². The first-order valence-electron chi connectivity index (χ1n) is 7.37. The number of nitrogens with two attached hydrogens (primary N) is 1. The Morgan fingerprint density at radius 3 is 2.10 bits per heavy atom. The van der Waals surface area contributed by atoms with Crippen LogP contribution in [-0.4, -0.2) is 18.2 Å². The summed E-state index contributed by atoms with van der Waals surface area (Å²) in [5.74, 6) is 2.03. The van der Waals surface area contributed by atoms with Crippen LogP contribution in [0.3, 0.4) is 0 Å². The number of pyridine rings is 1. The van der Waals surface area contributed by atoms with E-state index in [0.29, 0.717) is 24.8 Å². The van der Waals surface area contributed by atoms with Gasteiger partial charge < -0.3 is 15.2 Å². The molecule has 0 bridgehead atoms. The number of fused-ring (bicyclic) bond motifs is 1. The van der Waals surface area contributed by atoms with E-state index in [1.54, 1.807) is 0 Å². The third-order valence-corrected chi connectivity index (χ3v) is 3.32. The lowest BCUT2D eigenvalue weighted by Crippen LogP contribution is -2.15. The smallest absolute Gasteiger partial charge is 0.163 e. The maximum Gasteiger partial charge on any atom is 0.163 e. The van der Waals surface area contributed by atoms with Crippen molar-refractivity contribution in [3.63, 3.8) is 0 Å². The largest absolute Gasteiger partial charge is 0.490 e. The Balaban J connectivity index is 2.64. The minimum Gasteiger partial charge on any atom is -0.490 e. The molecule has 0 aliphatic rings. The Morgan fingerprint density at radius 2 is 1.57 bits per heavy atom. The van der Waals surface area contributed by atoms with Gasteiger partial charge in [0.2, 0.25) is 0 Å². The van der Waals surface area contributed by atoms with Crippen molar-refractivity contribution >= 4 is 16.7 Å². The molecule has 1 aromatic carbocycles. The molecule has 0 fully saturated rings. The van der Waals surface area contributed by atoms with Crippen LogP contribution >= 0.6 is 0 Å². The molecule has 2 N–H and O–H groups in total. The quantitative estimate of drug-likeness (QED) is 0.926. The molecular weight excluding hydrogens is 264 g/mol. The molecule has 4 nitrogen and oxygen atoms in total. The number of nitrogen functional groups attached to an aromatic ring is 1. The van der Waals surface area contributed by atoms with E-state index < -0.39 is 0 Å². The SMILES string of the molecule is CCOc1cc2cc(C(C)(C)C)c(N)nc2cc1OCC. The van der Waals surface area contributed by atoms with Crippen LogP contribution in [0, 0.1) is 0 Å². The maximum atomic E-state index is 6.11. The van der Waals surface area contributed by atoms with Crippen LogP contribution in [0.5, 0.6) is 11.5 Å². The summed E-state index contributed by atoms with van der Waals surface area (Å²) < 4.78 is 11.3. The molecule has 0 radical (unpaired) electrons. The number of ether oxygens (including phenoxy) is 2. The number of nitrogens with zero attached hydrogens (tertiary/aromatic N) is 1. The van der Waals surface area contributed by atoms with Gasteiger partial charge in [-0.05, 0) is 31.4 Å². The molecule has 4 heteroatoms. The number of anilines is 1. The normalized spacial score (nSPS) is 11.7. The fourth-order valence-electron chi connectivity index (χ4n) is 2.33. The molecule has 0 unspecified atom stereocenters. The van der Waals surface area contributed by atoms with Crippen molar-refractivity contribution in [1.29, 1.82) is 0 Å². The van der Waals surface area contributed by atoms with Crippen molar-refractivity contribution in [2.75, 3.05) is 18.9 Å². The number of benzene rings is 1. The number of rotatable bonds is 4. The summed E-state index contributed by atoms with van der Waals surface area (Å²) in [6.07, 6.45) is 0. The molecule has 0 amide bonds. The van der Waals surface area contributed by atoms with Gasteiger partial charge in [0.05, 0.1) is 18.7 Å². The number of hydrogen-bond donors (Lipinski definition) is 1. The Morgan fingerprint density at radius 1 is 1.00 bits per heavy atom. The van der Waals surface area contributed by atoms with E-state index in [0.717, 1.165) is 22.2 Å². The predicted molar refractivity (Wildman–Crippen MR) is 87.2 cm³/mol. The first kappa shape index (κ1) is 15.4. The third-order valence-electron chi connectivity index (χ3n) is 3.32. The van der Waals surface area contributed by atoms with Crippen LogP contribution in [0.4, 0.5) is 5.82 Å². The van der Waals surface area contributed by atoms with Crippen molar-refractivity contribution in [3.05, 3.63) is 23.8 Å². The lowest BCUT2D eigenvalue weighted by molar-refractivity contribution is 0.288.